The van der Waals surface area contributed by atoms with Crippen LogP contribution in [0.1, 0.15) is 33.6 Å². The van der Waals surface area contributed by atoms with E-state index in [1.807, 2.05) is 6.92 Å². The molecular formula is C19H31NO8. The van der Waals surface area contributed by atoms with Gasteiger partial charge in [0.1, 0.15) is 12.6 Å². The normalized spacial score (nSPS) is 35.1. The number of amides is 1. The number of aliphatic carboxylic acids is 1. The summed E-state index contributed by atoms with van der Waals surface area (Å²) in [5.41, 5.74) is 0.605. The fourth-order valence-electron chi connectivity index (χ4n) is 3.53. The van der Waals surface area contributed by atoms with Crippen LogP contribution in [0.2, 0.25) is 0 Å². The average molecular weight is 401 g/mol. The van der Waals surface area contributed by atoms with Crippen molar-refractivity contribution in [3.63, 3.8) is 0 Å². The number of carbonyl (C=O) groups is 2. The summed E-state index contributed by atoms with van der Waals surface area (Å²) in [6, 6.07) is 0. The van der Waals surface area contributed by atoms with Gasteiger partial charge in [-0.3, -0.25) is 9.59 Å². The number of aliphatic hydroxyl groups is 3. The standard InChI is InChI=1S/C19H31NO8/c1-9(5-15(22)20-7-16(23)24)4-13-18(26)17(25)12(8-27-13)6-14-19(28-14)10(2)11(3)21/h5,10-14,17-19,21,25-26H,4,6-8H2,1-3H3,(H,20,22)(H,23,24)/b9-5+/t10-,11-,12-,13-,14-,17+,18-,19-/m0/s1. The van der Waals surface area contributed by atoms with Gasteiger partial charge in [-0.05, 0) is 26.7 Å². The van der Waals surface area contributed by atoms with Gasteiger partial charge in [0.25, 0.3) is 0 Å². The molecule has 0 unspecified atom stereocenters. The summed E-state index contributed by atoms with van der Waals surface area (Å²) in [6.07, 6.45) is -1.26. The third-order valence-corrected chi connectivity index (χ3v) is 5.49. The first kappa shape index (κ1) is 22.8. The molecule has 2 aliphatic rings. The summed E-state index contributed by atoms with van der Waals surface area (Å²) in [7, 11) is 0. The Balaban J connectivity index is 1.81. The maximum Gasteiger partial charge on any atom is 0.322 e. The molecule has 0 aromatic heterocycles. The molecule has 5 N–H and O–H groups in total. The van der Waals surface area contributed by atoms with Crippen LogP contribution in [0, 0.1) is 11.8 Å². The highest BCUT2D eigenvalue weighted by Gasteiger charge is 2.48. The minimum absolute atomic E-state index is 0.00406. The molecule has 0 aliphatic carbocycles. The van der Waals surface area contributed by atoms with Crippen molar-refractivity contribution in [2.45, 2.75) is 70.2 Å². The van der Waals surface area contributed by atoms with Crippen molar-refractivity contribution in [2.75, 3.05) is 13.2 Å². The molecule has 0 bridgehead atoms. The van der Waals surface area contributed by atoms with Crippen molar-refractivity contribution in [3.05, 3.63) is 11.6 Å². The highest BCUT2D eigenvalue weighted by molar-refractivity contribution is 5.90. The molecule has 2 fully saturated rings. The molecule has 9 nitrogen and oxygen atoms in total. The Labute approximate surface area is 164 Å². The first-order chi connectivity index (χ1) is 13.1. The highest BCUT2D eigenvalue weighted by Crippen LogP contribution is 2.38. The van der Waals surface area contributed by atoms with E-state index in [9.17, 15) is 24.9 Å². The molecule has 2 aliphatic heterocycles. The van der Waals surface area contributed by atoms with Crippen molar-refractivity contribution >= 4 is 11.9 Å². The van der Waals surface area contributed by atoms with E-state index in [1.54, 1.807) is 13.8 Å². The molecule has 2 rings (SSSR count). The maximum atomic E-state index is 11.6. The van der Waals surface area contributed by atoms with Crippen LogP contribution in [0.5, 0.6) is 0 Å². The Morgan fingerprint density at radius 1 is 1.21 bits per heavy atom. The number of hydrogen-bond acceptors (Lipinski definition) is 7. The summed E-state index contributed by atoms with van der Waals surface area (Å²) < 4.78 is 11.3. The molecule has 9 heteroatoms. The Kier molecular flexibility index (Phi) is 7.97. The SMILES string of the molecule is C/C(=C\C(=O)NCC(=O)O)C[C@@H]1OC[C@H](C[C@@H]2O[C@H]2[C@@H](C)[C@H](C)O)[C@@H](O)[C@H]1O. The van der Waals surface area contributed by atoms with Crippen LogP contribution in [0.4, 0.5) is 0 Å². The molecule has 2 heterocycles. The number of rotatable bonds is 9. The summed E-state index contributed by atoms with van der Waals surface area (Å²) in [4.78, 5) is 22.1. The molecule has 0 radical (unpaired) electrons. The van der Waals surface area contributed by atoms with Gasteiger partial charge in [-0.2, -0.15) is 0 Å². The number of hydrogen-bond donors (Lipinski definition) is 5. The third kappa shape index (κ3) is 6.25. The van der Waals surface area contributed by atoms with Gasteiger partial charge >= 0.3 is 5.97 Å². The topological polar surface area (TPSA) is 149 Å². The first-order valence-corrected chi connectivity index (χ1v) is 9.58. The van der Waals surface area contributed by atoms with Crippen LogP contribution >= 0.6 is 0 Å². The predicted molar refractivity (Wildman–Crippen MR) is 98.4 cm³/mol. The first-order valence-electron chi connectivity index (χ1n) is 9.58. The second-order valence-electron chi connectivity index (χ2n) is 7.89. The van der Waals surface area contributed by atoms with Gasteiger partial charge in [-0.1, -0.05) is 12.5 Å². The lowest BCUT2D eigenvalue weighted by Crippen LogP contribution is -2.50. The number of carboxylic acids is 1. The Bertz CT molecular complexity index is 592. The van der Waals surface area contributed by atoms with E-state index in [4.69, 9.17) is 14.6 Å². The van der Waals surface area contributed by atoms with Crippen LogP contribution in [-0.2, 0) is 19.1 Å². The Morgan fingerprint density at radius 2 is 1.89 bits per heavy atom. The molecule has 0 saturated carbocycles. The molecule has 0 aromatic carbocycles. The average Bonchev–Trinajstić information content (AvgIpc) is 3.38. The van der Waals surface area contributed by atoms with Crippen LogP contribution in [0.15, 0.2) is 11.6 Å². The molecule has 0 spiro atoms. The zero-order chi connectivity index (χ0) is 21.0. The van der Waals surface area contributed by atoms with Crippen LogP contribution in [0.25, 0.3) is 0 Å². The van der Waals surface area contributed by atoms with Gasteiger partial charge in [0, 0.05) is 17.9 Å². The number of aliphatic hydroxyl groups excluding tert-OH is 3. The molecule has 28 heavy (non-hydrogen) atoms. The van der Waals surface area contributed by atoms with Gasteiger partial charge in [0.2, 0.25) is 5.91 Å². The Morgan fingerprint density at radius 3 is 2.50 bits per heavy atom. The van der Waals surface area contributed by atoms with Gasteiger partial charge in [0.15, 0.2) is 0 Å². The van der Waals surface area contributed by atoms with Crippen LogP contribution in [0.3, 0.4) is 0 Å². The lowest BCUT2D eigenvalue weighted by Gasteiger charge is -2.38. The minimum atomic E-state index is -1.13. The second-order valence-corrected chi connectivity index (χ2v) is 7.89. The van der Waals surface area contributed by atoms with Gasteiger partial charge in [-0.25, -0.2) is 0 Å². The summed E-state index contributed by atoms with van der Waals surface area (Å²) in [6.45, 7) is 5.10. The minimum Gasteiger partial charge on any atom is -0.480 e. The molecule has 160 valence electrons. The highest BCUT2D eigenvalue weighted by atomic mass is 16.6. The van der Waals surface area contributed by atoms with E-state index in [-0.39, 0.29) is 37.1 Å². The van der Waals surface area contributed by atoms with E-state index in [2.05, 4.69) is 5.32 Å². The van der Waals surface area contributed by atoms with E-state index in [0.717, 1.165) is 0 Å². The van der Waals surface area contributed by atoms with Crippen molar-refractivity contribution in [3.8, 4) is 0 Å². The van der Waals surface area contributed by atoms with Gasteiger partial charge < -0.3 is 35.2 Å². The summed E-state index contributed by atoms with van der Waals surface area (Å²) >= 11 is 0. The number of nitrogens with one attached hydrogen (secondary N) is 1. The van der Waals surface area contributed by atoms with Crippen LogP contribution in [-0.4, -0.2) is 82.1 Å². The maximum absolute atomic E-state index is 11.6. The number of carbonyl (C=O) groups excluding carboxylic acids is 1. The van der Waals surface area contributed by atoms with E-state index in [0.29, 0.717) is 12.0 Å². The largest absolute Gasteiger partial charge is 0.480 e. The van der Waals surface area contributed by atoms with Gasteiger partial charge in [-0.15, -0.1) is 0 Å². The number of ether oxygens (including phenoxy) is 2. The number of carboxylic acid groups (broad SMARTS) is 1. The molecular weight excluding hydrogens is 370 g/mol. The zero-order valence-corrected chi connectivity index (χ0v) is 16.4. The van der Waals surface area contributed by atoms with Crippen molar-refractivity contribution < 1.29 is 39.5 Å². The van der Waals surface area contributed by atoms with E-state index >= 15 is 0 Å². The monoisotopic (exact) mass is 401 g/mol. The lowest BCUT2D eigenvalue weighted by molar-refractivity contribution is -0.165. The van der Waals surface area contributed by atoms with Crippen molar-refractivity contribution in [2.24, 2.45) is 11.8 Å². The molecule has 0 aromatic rings. The zero-order valence-electron chi connectivity index (χ0n) is 16.4. The lowest BCUT2D eigenvalue weighted by atomic mass is 9.85. The second kappa shape index (κ2) is 9.80. The van der Waals surface area contributed by atoms with E-state index in [1.165, 1.54) is 6.08 Å². The quantitative estimate of drug-likeness (QED) is 0.255. The molecule has 8 atom stereocenters. The van der Waals surface area contributed by atoms with E-state index < -0.39 is 42.8 Å². The van der Waals surface area contributed by atoms with Crippen molar-refractivity contribution in [1.29, 1.82) is 0 Å². The fourth-order valence-corrected chi connectivity index (χ4v) is 3.53. The van der Waals surface area contributed by atoms with Crippen molar-refractivity contribution in [1.82, 2.24) is 5.32 Å². The van der Waals surface area contributed by atoms with Gasteiger partial charge in [0.05, 0.1) is 37.1 Å². The molecule has 1 amide bonds. The predicted octanol–water partition coefficient (Wildman–Crippen LogP) is -0.565. The fraction of sp³-hybridized carbons (Fsp3) is 0.789. The number of epoxide rings is 1. The molecule has 2 saturated heterocycles. The Hall–Kier alpha value is -1.52. The smallest absolute Gasteiger partial charge is 0.322 e. The summed E-state index contributed by atoms with van der Waals surface area (Å²) in [5, 5.41) is 41.3. The summed E-state index contributed by atoms with van der Waals surface area (Å²) in [5.74, 6) is -1.94. The van der Waals surface area contributed by atoms with Crippen LogP contribution < -0.4 is 5.32 Å². The third-order valence-electron chi connectivity index (χ3n) is 5.49.